The second-order valence-corrected chi connectivity index (χ2v) is 12.1. The van der Waals surface area contributed by atoms with Crippen LogP contribution in [0.4, 0.5) is 18.9 Å². The fourth-order valence-electron chi connectivity index (χ4n) is 3.39. The van der Waals surface area contributed by atoms with Crippen LogP contribution in [0.25, 0.3) is 0 Å². The molecule has 14 heteroatoms. The van der Waals surface area contributed by atoms with E-state index >= 15 is 0 Å². The van der Waals surface area contributed by atoms with Crippen LogP contribution in [0.2, 0.25) is 15.1 Å². The lowest BCUT2D eigenvalue weighted by molar-refractivity contribution is -0.139. The monoisotopic (exact) mass is 615 g/mol. The zero-order valence-electron chi connectivity index (χ0n) is 20.9. The molecule has 0 bridgehead atoms. The number of carbonyl (C=O) groups excluding carboxylic acids is 2. The quantitative estimate of drug-likeness (QED) is 0.376. The van der Waals surface area contributed by atoms with Crippen LogP contribution in [0.15, 0.2) is 36.4 Å². The van der Waals surface area contributed by atoms with E-state index in [-0.39, 0.29) is 22.5 Å². The zero-order valence-corrected chi connectivity index (χ0v) is 24.0. The topological polar surface area (TPSA) is 86.8 Å². The first-order valence-corrected chi connectivity index (χ1v) is 14.3. The van der Waals surface area contributed by atoms with Gasteiger partial charge in [-0.05, 0) is 43.2 Å². The van der Waals surface area contributed by atoms with Gasteiger partial charge in [0.05, 0.1) is 22.5 Å². The number of benzene rings is 2. The Balaban J connectivity index is 2.52. The van der Waals surface area contributed by atoms with Crippen molar-refractivity contribution in [3.63, 3.8) is 0 Å². The highest BCUT2D eigenvalue weighted by Crippen LogP contribution is 2.37. The summed E-state index contributed by atoms with van der Waals surface area (Å²) >= 11 is 18.2. The summed E-state index contributed by atoms with van der Waals surface area (Å²) in [5.41, 5.74) is -1.38. The van der Waals surface area contributed by atoms with Gasteiger partial charge in [-0.2, -0.15) is 13.2 Å². The number of alkyl halides is 3. The van der Waals surface area contributed by atoms with E-state index in [1.165, 1.54) is 19.1 Å². The number of hydrogen-bond donors (Lipinski definition) is 1. The molecule has 0 aromatic heterocycles. The molecule has 2 aromatic carbocycles. The molecule has 210 valence electrons. The highest BCUT2D eigenvalue weighted by Gasteiger charge is 2.36. The van der Waals surface area contributed by atoms with Gasteiger partial charge >= 0.3 is 6.18 Å². The largest absolute Gasteiger partial charge is 0.417 e. The van der Waals surface area contributed by atoms with Gasteiger partial charge in [0, 0.05) is 28.7 Å². The second kappa shape index (κ2) is 12.8. The molecular formula is C24H27Cl3F3N3O4S. The van der Waals surface area contributed by atoms with Gasteiger partial charge in [-0.15, -0.1) is 0 Å². The van der Waals surface area contributed by atoms with Gasteiger partial charge in [-0.1, -0.05) is 54.7 Å². The normalized spacial score (nSPS) is 12.8. The summed E-state index contributed by atoms with van der Waals surface area (Å²) in [5, 5.41) is 2.49. The Bertz CT molecular complexity index is 1270. The van der Waals surface area contributed by atoms with Crippen LogP contribution in [0, 0.1) is 5.92 Å². The molecule has 7 nitrogen and oxygen atoms in total. The maximum Gasteiger partial charge on any atom is 0.417 e. The zero-order chi connectivity index (χ0) is 29.0. The molecule has 0 saturated heterocycles. The summed E-state index contributed by atoms with van der Waals surface area (Å²) in [6.45, 7) is 4.35. The van der Waals surface area contributed by atoms with Crippen molar-refractivity contribution in [3.8, 4) is 0 Å². The molecule has 38 heavy (non-hydrogen) atoms. The van der Waals surface area contributed by atoms with E-state index in [9.17, 15) is 31.2 Å². The molecular weight excluding hydrogens is 590 g/mol. The van der Waals surface area contributed by atoms with E-state index in [1.54, 1.807) is 6.07 Å². The number of carbonyl (C=O) groups is 2. The summed E-state index contributed by atoms with van der Waals surface area (Å²) in [7, 11) is -4.26. The second-order valence-electron chi connectivity index (χ2n) is 8.97. The van der Waals surface area contributed by atoms with E-state index in [4.69, 9.17) is 34.8 Å². The molecule has 0 aliphatic carbocycles. The Kier molecular flexibility index (Phi) is 10.7. The number of amides is 2. The Labute approximate surface area is 234 Å². The van der Waals surface area contributed by atoms with Gasteiger partial charge in [0.15, 0.2) is 0 Å². The van der Waals surface area contributed by atoms with Gasteiger partial charge in [-0.3, -0.25) is 13.9 Å². The number of anilines is 1. The predicted molar refractivity (Wildman–Crippen MR) is 143 cm³/mol. The van der Waals surface area contributed by atoms with E-state index in [2.05, 4.69) is 5.32 Å². The molecule has 0 spiro atoms. The minimum Gasteiger partial charge on any atom is -0.354 e. The molecule has 1 unspecified atom stereocenters. The number of nitrogens with zero attached hydrogens (tertiary/aromatic N) is 2. The summed E-state index contributed by atoms with van der Waals surface area (Å²) in [6.07, 6.45) is -4.12. The number of halogens is 6. The summed E-state index contributed by atoms with van der Waals surface area (Å²) < 4.78 is 66.0. The fraction of sp³-hybridized carbons (Fsp3) is 0.417. The third kappa shape index (κ3) is 8.39. The van der Waals surface area contributed by atoms with Gasteiger partial charge < -0.3 is 10.2 Å². The van der Waals surface area contributed by atoms with Crippen LogP contribution in [-0.2, 0) is 32.3 Å². The molecule has 1 atom stereocenters. The highest BCUT2D eigenvalue weighted by atomic mass is 35.5. The number of nitrogens with one attached hydrogen (secondary N) is 1. The first kappa shape index (κ1) is 32.0. The number of sulfonamides is 1. The predicted octanol–water partition coefficient (Wildman–Crippen LogP) is 5.62. The average Bonchev–Trinajstić information content (AvgIpc) is 2.79. The van der Waals surface area contributed by atoms with Crippen molar-refractivity contribution >= 4 is 62.3 Å². The molecule has 2 amide bonds. The van der Waals surface area contributed by atoms with Crippen molar-refractivity contribution in [1.82, 2.24) is 10.2 Å². The van der Waals surface area contributed by atoms with Gasteiger partial charge in [-0.25, -0.2) is 8.42 Å². The lowest BCUT2D eigenvalue weighted by Crippen LogP contribution is -2.51. The van der Waals surface area contributed by atoms with E-state index in [0.717, 1.165) is 23.3 Å². The molecule has 0 aliphatic rings. The highest BCUT2D eigenvalue weighted by molar-refractivity contribution is 7.92. The lowest BCUT2D eigenvalue weighted by atomic mass is 10.1. The maximum atomic E-state index is 13.5. The maximum absolute atomic E-state index is 13.5. The van der Waals surface area contributed by atoms with Crippen LogP contribution in [0.3, 0.4) is 0 Å². The van der Waals surface area contributed by atoms with Crippen LogP contribution in [0.5, 0.6) is 0 Å². The molecule has 1 N–H and O–H groups in total. The molecule has 2 rings (SSSR count). The molecule has 2 aromatic rings. The van der Waals surface area contributed by atoms with Crippen molar-refractivity contribution in [2.45, 2.75) is 39.5 Å². The van der Waals surface area contributed by atoms with Crippen molar-refractivity contribution in [2.24, 2.45) is 5.92 Å². The molecule has 0 saturated carbocycles. The summed E-state index contributed by atoms with van der Waals surface area (Å²) in [4.78, 5) is 27.5. The average molecular weight is 617 g/mol. The Morgan fingerprint density at radius 1 is 1.00 bits per heavy atom. The lowest BCUT2D eigenvalue weighted by Gasteiger charge is -2.32. The fourth-order valence-corrected chi connectivity index (χ4v) is 4.97. The van der Waals surface area contributed by atoms with Gasteiger partial charge in [0.25, 0.3) is 0 Å². The van der Waals surface area contributed by atoms with Crippen molar-refractivity contribution < 1.29 is 31.2 Å². The first-order chi connectivity index (χ1) is 17.4. The van der Waals surface area contributed by atoms with Gasteiger partial charge in [0.1, 0.15) is 12.6 Å². The van der Waals surface area contributed by atoms with Crippen LogP contribution in [0.1, 0.15) is 31.9 Å². The van der Waals surface area contributed by atoms with Crippen LogP contribution in [-0.4, -0.2) is 50.5 Å². The van der Waals surface area contributed by atoms with Crippen molar-refractivity contribution in [2.75, 3.05) is 23.7 Å². The Morgan fingerprint density at radius 3 is 2.08 bits per heavy atom. The molecule has 0 fully saturated rings. The smallest absolute Gasteiger partial charge is 0.354 e. The standard InChI is InChI=1S/C24H27Cl3F3N3O4S/c1-14(2)11-31-23(35)15(3)32(12-17-19(25)6-5-7-20(17)26)22(34)13-33(38(4,36)37)16-8-9-21(27)18(10-16)24(28,29)30/h5-10,14-15H,11-13H2,1-4H3,(H,31,35). The third-order valence-corrected chi connectivity index (χ3v) is 7.64. The van der Waals surface area contributed by atoms with Crippen LogP contribution >= 0.6 is 34.8 Å². The third-order valence-electron chi connectivity index (χ3n) is 5.46. The molecule has 0 radical (unpaired) electrons. The van der Waals surface area contributed by atoms with Crippen LogP contribution < -0.4 is 9.62 Å². The molecule has 0 aliphatic heterocycles. The van der Waals surface area contributed by atoms with Gasteiger partial charge in [0.2, 0.25) is 21.8 Å². The van der Waals surface area contributed by atoms with Crippen molar-refractivity contribution in [3.05, 3.63) is 62.6 Å². The molecule has 0 heterocycles. The number of rotatable bonds is 10. The first-order valence-electron chi connectivity index (χ1n) is 11.3. The van der Waals surface area contributed by atoms with Crippen molar-refractivity contribution in [1.29, 1.82) is 0 Å². The van der Waals surface area contributed by atoms with E-state index < -0.39 is 56.9 Å². The van der Waals surface area contributed by atoms with E-state index in [1.807, 2.05) is 13.8 Å². The Morgan fingerprint density at radius 2 is 1.58 bits per heavy atom. The Hall–Kier alpha value is -2.21. The number of hydrogen-bond acceptors (Lipinski definition) is 4. The minimum absolute atomic E-state index is 0.113. The SMILES string of the molecule is CC(C)CNC(=O)C(C)N(Cc1c(Cl)cccc1Cl)C(=O)CN(c1ccc(Cl)c(C(F)(F)F)c1)S(C)(=O)=O. The summed E-state index contributed by atoms with van der Waals surface area (Å²) in [6, 6.07) is 6.04. The van der Waals surface area contributed by atoms with E-state index in [0.29, 0.717) is 22.5 Å². The minimum atomic E-state index is -4.86. The summed E-state index contributed by atoms with van der Waals surface area (Å²) in [5.74, 6) is -1.28.